The third-order valence-corrected chi connectivity index (χ3v) is 4.02. The van der Waals surface area contributed by atoms with E-state index in [-0.39, 0.29) is 17.6 Å². The molecule has 2 amide bonds. The number of anilines is 1. The SMILES string of the molecule is Cc1ccc(C(=O)NCC(=O)NNC(=S)Nc2cccc(Cl)c2)cc1C. The zero-order chi connectivity index (χ0) is 19.1. The van der Waals surface area contributed by atoms with Gasteiger partial charge in [0, 0.05) is 16.3 Å². The van der Waals surface area contributed by atoms with Crippen molar-refractivity contribution in [3.05, 3.63) is 64.2 Å². The molecular formula is C18H19ClN4O2S. The Bertz CT molecular complexity index is 842. The third-order valence-electron chi connectivity index (χ3n) is 3.58. The first kappa shape index (κ1) is 19.7. The van der Waals surface area contributed by atoms with E-state index in [2.05, 4.69) is 21.5 Å². The molecule has 2 aromatic rings. The standard InChI is InChI=1S/C18H19ClN4O2S/c1-11-6-7-13(8-12(11)2)17(25)20-10-16(24)22-23-18(26)21-15-5-3-4-14(19)9-15/h3-9H,10H2,1-2H3,(H,20,25)(H,22,24)(H2,21,23,26). The number of halogens is 1. The Kier molecular flexibility index (Phi) is 6.94. The quantitative estimate of drug-likeness (QED) is 0.476. The van der Waals surface area contributed by atoms with Crippen LogP contribution in [0, 0.1) is 13.8 Å². The highest BCUT2D eigenvalue weighted by Gasteiger charge is 2.09. The maximum Gasteiger partial charge on any atom is 0.257 e. The van der Waals surface area contributed by atoms with E-state index in [0.29, 0.717) is 16.3 Å². The minimum absolute atomic E-state index is 0.182. The van der Waals surface area contributed by atoms with Gasteiger partial charge in [-0.05, 0) is 67.5 Å². The first-order chi connectivity index (χ1) is 12.3. The molecule has 0 bridgehead atoms. The van der Waals surface area contributed by atoms with Crippen molar-refractivity contribution in [1.29, 1.82) is 0 Å². The van der Waals surface area contributed by atoms with Crippen LogP contribution in [0.5, 0.6) is 0 Å². The summed E-state index contributed by atoms with van der Waals surface area (Å²) in [6, 6.07) is 12.4. The summed E-state index contributed by atoms with van der Waals surface area (Å²) in [6.07, 6.45) is 0. The number of benzene rings is 2. The Morgan fingerprint density at radius 2 is 1.81 bits per heavy atom. The lowest BCUT2D eigenvalue weighted by molar-refractivity contribution is -0.120. The van der Waals surface area contributed by atoms with Crippen molar-refractivity contribution >= 4 is 46.4 Å². The summed E-state index contributed by atoms with van der Waals surface area (Å²) in [5.74, 6) is -0.750. The van der Waals surface area contributed by atoms with Gasteiger partial charge in [-0.25, -0.2) is 0 Å². The number of nitrogens with one attached hydrogen (secondary N) is 4. The fourth-order valence-electron chi connectivity index (χ4n) is 2.04. The summed E-state index contributed by atoms with van der Waals surface area (Å²) >= 11 is 11.0. The van der Waals surface area contributed by atoms with Crippen LogP contribution in [0.1, 0.15) is 21.5 Å². The van der Waals surface area contributed by atoms with Gasteiger partial charge in [-0.3, -0.25) is 20.4 Å². The van der Waals surface area contributed by atoms with E-state index in [4.69, 9.17) is 23.8 Å². The highest BCUT2D eigenvalue weighted by molar-refractivity contribution is 7.80. The molecule has 0 heterocycles. The van der Waals surface area contributed by atoms with Gasteiger partial charge in [0.2, 0.25) is 0 Å². The second-order valence-corrected chi connectivity index (χ2v) is 6.46. The number of thiocarbonyl (C=S) groups is 1. The van der Waals surface area contributed by atoms with Crippen LogP contribution in [-0.4, -0.2) is 23.5 Å². The van der Waals surface area contributed by atoms with Gasteiger partial charge in [0.15, 0.2) is 5.11 Å². The fraction of sp³-hybridized carbons (Fsp3) is 0.167. The summed E-state index contributed by atoms with van der Waals surface area (Å²) in [4.78, 5) is 23.9. The largest absolute Gasteiger partial charge is 0.343 e. The number of aryl methyl sites for hydroxylation is 2. The van der Waals surface area contributed by atoms with Crippen molar-refractivity contribution < 1.29 is 9.59 Å². The smallest absolute Gasteiger partial charge is 0.257 e. The number of hydrogen-bond acceptors (Lipinski definition) is 3. The molecule has 0 aliphatic carbocycles. The normalized spacial score (nSPS) is 9.96. The number of hydrazine groups is 1. The summed E-state index contributed by atoms with van der Waals surface area (Å²) in [5, 5.41) is 6.19. The van der Waals surface area contributed by atoms with Crippen LogP contribution in [0.15, 0.2) is 42.5 Å². The fourth-order valence-corrected chi connectivity index (χ4v) is 2.40. The molecule has 8 heteroatoms. The maximum atomic E-state index is 12.1. The van der Waals surface area contributed by atoms with E-state index in [1.807, 2.05) is 19.9 Å². The van der Waals surface area contributed by atoms with Gasteiger partial charge in [0.05, 0.1) is 6.54 Å². The molecular weight excluding hydrogens is 372 g/mol. The summed E-state index contributed by atoms with van der Waals surface area (Å²) < 4.78 is 0. The highest BCUT2D eigenvalue weighted by Crippen LogP contribution is 2.14. The van der Waals surface area contributed by atoms with Gasteiger partial charge in [-0.2, -0.15) is 0 Å². The van der Waals surface area contributed by atoms with Crippen molar-refractivity contribution in [3.8, 4) is 0 Å². The van der Waals surface area contributed by atoms with Crippen molar-refractivity contribution in [3.63, 3.8) is 0 Å². The van der Waals surface area contributed by atoms with E-state index < -0.39 is 5.91 Å². The second-order valence-electron chi connectivity index (χ2n) is 5.62. The Labute approximate surface area is 162 Å². The second kappa shape index (κ2) is 9.17. The molecule has 2 aromatic carbocycles. The molecule has 0 fully saturated rings. The molecule has 4 N–H and O–H groups in total. The Morgan fingerprint density at radius 3 is 2.50 bits per heavy atom. The minimum Gasteiger partial charge on any atom is -0.343 e. The molecule has 0 spiro atoms. The van der Waals surface area contributed by atoms with Gasteiger partial charge in [-0.15, -0.1) is 0 Å². The van der Waals surface area contributed by atoms with E-state index in [9.17, 15) is 9.59 Å². The Hall–Kier alpha value is -2.64. The molecule has 0 saturated carbocycles. The van der Waals surface area contributed by atoms with Crippen LogP contribution in [0.3, 0.4) is 0 Å². The maximum absolute atomic E-state index is 12.1. The number of carbonyl (C=O) groups excluding carboxylic acids is 2. The molecule has 0 aliphatic heterocycles. The molecule has 136 valence electrons. The Balaban J connectivity index is 1.75. The molecule has 0 saturated heterocycles. The monoisotopic (exact) mass is 390 g/mol. The van der Waals surface area contributed by atoms with Crippen molar-refractivity contribution in [2.45, 2.75) is 13.8 Å². The zero-order valence-electron chi connectivity index (χ0n) is 14.4. The van der Waals surface area contributed by atoms with Crippen LogP contribution in [-0.2, 0) is 4.79 Å². The molecule has 2 rings (SSSR count). The van der Waals surface area contributed by atoms with E-state index in [0.717, 1.165) is 11.1 Å². The van der Waals surface area contributed by atoms with E-state index in [1.54, 1.807) is 36.4 Å². The zero-order valence-corrected chi connectivity index (χ0v) is 15.9. The first-order valence-electron chi connectivity index (χ1n) is 7.82. The molecule has 0 aromatic heterocycles. The van der Waals surface area contributed by atoms with Crippen molar-refractivity contribution in [1.82, 2.24) is 16.2 Å². The number of amides is 2. The van der Waals surface area contributed by atoms with Crippen LogP contribution in [0.2, 0.25) is 5.02 Å². The number of rotatable bonds is 4. The van der Waals surface area contributed by atoms with Crippen molar-refractivity contribution in [2.24, 2.45) is 0 Å². The van der Waals surface area contributed by atoms with Gasteiger partial charge < -0.3 is 10.6 Å². The molecule has 0 unspecified atom stereocenters. The van der Waals surface area contributed by atoms with Gasteiger partial charge in [0.25, 0.3) is 11.8 Å². The summed E-state index contributed by atoms with van der Waals surface area (Å²) in [6.45, 7) is 3.71. The first-order valence-corrected chi connectivity index (χ1v) is 8.60. The highest BCUT2D eigenvalue weighted by atomic mass is 35.5. The Morgan fingerprint density at radius 1 is 1.04 bits per heavy atom. The summed E-state index contributed by atoms with van der Waals surface area (Å²) in [7, 11) is 0. The lowest BCUT2D eigenvalue weighted by atomic mass is 10.1. The van der Waals surface area contributed by atoms with Crippen molar-refractivity contribution in [2.75, 3.05) is 11.9 Å². The average molecular weight is 391 g/mol. The lowest BCUT2D eigenvalue weighted by Gasteiger charge is -2.12. The van der Waals surface area contributed by atoms with Gasteiger partial charge in [-0.1, -0.05) is 23.7 Å². The molecule has 6 nitrogen and oxygen atoms in total. The molecule has 26 heavy (non-hydrogen) atoms. The average Bonchev–Trinajstić information content (AvgIpc) is 2.60. The van der Waals surface area contributed by atoms with E-state index >= 15 is 0 Å². The molecule has 0 atom stereocenters. The summed E-state index contributed by atoms with van der Waals surface area (Å²) in [5.41, 5.74) is 8.27. The van der Waals surface area contributed by atoms with Crippen LogP contribution >= 0.6 is 23.8 Å². The lowest BCUT2D eigenvalue weighted by Crippen LogP contribution is -2.47. The van der Waals surface area contributed by atoms with Crippen LogP contribution in [0.4, 0.5) is 5.69 Å². The predicted octanol–water partition coefficient (Wildman–Crippen LogP) is 2.70. The minimum atomic E-state index is -0.433. The topological polar surface area (TPSA) is 82.3 Å². The number of hydrogen-bond donors (Lipinski definition) is 4. The van der Waals surface area contributed by atoms with Gasteiger partial charge in [0.1, 0.15) is 0 Å². The predicted molar refractivity (Wildman–Crippen MR) is 107 cm³/mol. The van der Waals surface area contributed by atoms with Crippen LogP contribution < -0.4 is 21.5 Å². The van der Waals surface area contributed by atoms with Gasteiger partial charge >= 0.3 is 0 Å². The number of carbonyl (C=O) groups is 2. The van der Waals surface area contributed by atoms with Crippen LogP contribution in [0.25, 0.3) is 0 Å². The molecule has 0 aliphatic rings. The third kappa shape index (κ3) is 6.02. The van der Waals surface area contributed by atoms with E-state index in [1.165, 1.54) is 0 Å². The molecule has 0 radical (unpaired) electrons.